The largest absolute Gasteiger partial charge is 0.324 e. The lowest BCUT2D eigenvalue weighted by Crippen LogP contribution is -2.51. The highest BCUT2D eigenvalue weighted by Gasteiger charge is 2.39. The summed E-state index contributed by atoms with van der Waals surface area (Å²) in [6.07, 6.45) is 6.85. The predicted octanol–water partition coefficient (Wildman–Crippen LogP) is 2.24. The summed E-state index contributed by atoms with van der Waals surface area (Å²) in [6.45, 7) is 8.23. The summed E-state index contributed by atoms with van der Waals surface area (Å²) in [4.78, 5) is 2.59. The third-order valence-electron chi connectivity index (χ3n) is 4.36. The first kappa shape index (κ1) is 11.4. The van der Waals surface area contributed by atoms with Gasteiger partial charge in [-0.3, -0.25) is 0 Å². The maximum absolute atomic E-state index is 6.38. The molecule has 1 saturated carbocycles. The fourth-order valence-electron chi connectivity index (χ4n) is 2.91. The number of rotatable bonds is 4. The van der Waals surface area contributed by atoms with Gasteiger partial charge in [-0.1, -0.05) is 13.3 Å². The summed E-state index contributed by atoms with van der Waals surface area (Å²) in [7, 11) is 0. The van der Waals surface area contributed by atoms with Crippen molar-refractivity contribution in [2.24, 2.45) is 17.6 Å². The summed E-state index contributed by atoms with van der Waals surface area (Å²) < 4.78 is 0. The highest BCUT2D eigenvalue weighted by Crippen LogP contribution is 2.38. The molecular weight excluding hydrogens is 184 g/mol. The van der Waals surface area contributed by atoms with E-state index in [0.717, 1.165) is 18.4 Å². The van der Waals surface area contributed by atoms with E-state index in [1.54, 1.807) is 0 Å². The van der Waals surface area contributed by atoms with Gasteiger partial charge in [-0.2, -0.15) is 0 Å². The van der Waals surface area contributed by atoms with Crippen LogP contribution in [0.15, 0.2) is 0 Å². The Morgan fingerprint density at radius 2 is 1.80 bits per heavy atom. The maximum atomic E-state index is 6.38. The van der Waals surface area contributed by atoms with E-state index in [0.29, 0.717) is 0 Å². The molecule has 2 nitrogen and oxygen atoms in total. The number of nitrogens with zero attached hydrogens (tertiary/aromatic N) is 1. The summed E-state index contributed by atoms with van der Waals surface area (Å²) in [5.74, 6) is 1.78. The second kappa shape index (κ2) is 4.42. The van der Waals surface area contributed by atoms with Crippen LogP contribution in [0.25, 0.3) is 0 Å². The minimum Gasteiger partial charge on any atom is -0.324 e. The normalized spacial score (nSPS) is 29.0. The van der Waals surface area contributed by atoms with E-state index in [1.165, 1.54) is 45.2 Å². The van der Waals surface area contributed by atoms with E-state index < -0.39 is 0 Å². The third-order valence-corrected chi connectivity index (χ3v) is 4.36. The standard InChI is InChI=1S/C13H26N2/c1-3-11-6-8-15(9-7-11)10-13(2,14)12-4-5-12/h11-12H,3-10,14H2,1-2H3. The SMILES string of the molecule is CCC1CCN(CC(C)(N)C2CC2)CC1. The molecule has 15 heavy (non-hydrogen) atoms. The number of piperidine rings is 1. The van der Waals surface area contributed by atoms with E-state index in [-0.39, 0.29) is 5.54 Å². The Morgan fingerprint density at radius 1 is 1.20 bits per heavy atom. The average Bonchev–Trinajstić information content (AvgIpc) is 3.01. The van der Waals surface area contributed by atoms with Gasteiger partial charge in [0.15, 0.2) is 0 Å². The van der Waals surface area contributed by atoms with Crippen molar-refractivity contribution in [1.82, 2.24) is 4.90 Å². The van der Waals surface area contributed by atoms with Crippen LogP contribution in [-0.2, 0) is 0 Å². The molecule has 88 valence electrons. The van der Waals surface area contributed by atoms with Crippen molar-refractivity contribution in [2.45, 2.75) is 51.5 Å². The molecule has 2 rings (SSSR count). The lowest BCUT2D eigenvalue weighted by molar-refractivity contribution is 0.143. The van der Waals surface area contributed by atoms with Crippen molar-refractivity contribution in [3.63, 3.8) is 0 Å². The predicted molar refractivity (Wildman–Crippen MR) is 64.8 cm³/mol. The number of hydrogen-bond donors (Lipinski definition) is 1. The molecule has 1 aliphatic carbocycles. The summed E-state index contributed by atoms with van der Waals surface area (Å²) >= 11 is 0. The molecule has 0 aromatic carbocycles. The zero-order chi connectivity index (χ0) is 10.9. The number of likely N-dealkylation sites (tertiary alicyclic amines) is 1. The number of hydrogen-bond acceptors (Lipinski definition) is 2. The van der Waals surface area contributed by atoms with Gasteiger partial charge < -0.3 is 10.6 Å². The van der Waals surface area contributed by atoms with Gasteiger partial charge in [0.25, 0.3) is 0 Å². The van der Waals surface area contributed by atoms with Gasteiger partial charge in [0.05, 0.1) is 0 Å². The topological polar surface area (TPSA) is 29.3 Å². The van der Waals surface area contributed by atoms with Gasteiger partial charge in [-0.15, -0.1) is 0 Å². The van der Waals surface area contributed by atoms with Crippen LogP contribution in [0.3, 0.4) is 0 Å². The molecule has 1 unspecified atom stereocenters. The molecular formula is C13H26N2. The minimum atomic E-state index is 0.0824. The summed E-state index contributed by atoms with van der Waals surface area (Å²) in [5, 5.41) is 0. The van der Waals surface area contributed by atoms with Crippen molar-refractivity contribution in [3.05, 3.63) is 0 Å². The van der Waals surface area contributed by atoms with Crippen LogP contribution in [0.1, 0.15) is 46.0 Å². The number of nitrogens with two attached hydrogens (primary N) is 1. The Kier molecular flexibility index (Phi) is 3.36. The Balaban J connectivity index is 1.76. The van der Waals surface area contributed by atoms with Gasteiger partial charge in [0.1, 0.15) is 0 Å². The molecule has 1 heterocycles. The van der Waals surface area contributed by atoms with E-state index in [2.05, 4.69) is 18.7 Å². The van der Waals surface area contributed by atoms with Crippen LogP contribution < -0.4 is 5.73 Å². The zero-order valence-corrected chi connectivity index (χ0v) is 10.3. The molecule has 0 aromatic heterocycles. The van der Waals surface area contributed by atoms with E-state index >= 15 is 0 Å². The zero-order valence-electron chi connectivity index (χ0n) is 10.3. The molecule has 1 saturated heterocycles. The van der Waals surface area contributed by atoms with Crippen molar-refractivity contribution >= 4 is 0 Å². The molecule has 2 heteroatoms. The van der Waals surface area contributed by atoms with Crippen LogP contribution in [0.5, 0.6) is 0 Å². The Labute approximate surface area is 94.2 Å². The van der Waals surface area contributed by atoms with Crippen molar-refractivity contribution in [2.75, 3.05) is 19.6 Å². The minimum absolute atomic E-state index is 0.0824. The summed E-state index contributed by atoms with van der Waals surface area (Å²) in [5.41, 5.74) is 6.46. The van der Waals surface area contributed by atoms with Crippen molar-refractivity contribution in [3.8, 4) is 0 Å². The lowest BCUT2D eigenvalue weighted by atomic mass is 9.91. The molecule has 0 aromatic rings. The summed E-state index contributed by atoms with van der Waals surface area (Å²) in [6, 6.07) is 0. The quantitative estimate of drug-likeness (QED) is 0.771. The van der Waals surface area contributed by atoms with Crippen LogP contribution in [-0.4, -0.2) is 30.1 Å². The van der Waals surface area contributed by atoms with E-state index in [4.69, 9.17) is 5.73 Å². The van der Waals surface area contributed by atoms with Gasteiger partial charge in [0.2, 0.25) is 0 Å². The third kappa shape index (κ3) is 2.94. The fourth-order valence-corrected chi connectivity index (χ4v) is 2.91. The van der Waals surface area contributed by atoms with E-state index in [9.17, 15) is 0 Å². The monoisotopic (exact) mass is 210 g/mol. The second-order valence-corrected chi connectivity index (χ2v) is 5.91. The molecule has 0 bridgehead atoms. The maximum Gasteiger partial charge on any atom is 0.0283 e. The fraction of sp³-hybridized carbons (Fsp3) is 1.00. The van der Waals surface area contributed by atoms with Crippen molar-refractivity contribution in [1.29, 1.82) is 0 Å². The van der Waals surface area contributed by atoms with E-state index in [1.807, 2.05) is 0 Å². The van der Waals surface area contributed by atoms with Gasteiger partial charge in [-0.25, -0.2) is 0 Å². The molecule has 2 aliphatic rings. The Bertz CT molecular complexity index is 201. The first-order chi connectivity index (χ1) is 7.12. The Hall–Kier alpha value is -0.0800. The van der Waals surface area contributed by atoms with Crippen LogP contribution in [0.4, 0.5) is 0 Å². The highest BCUT2D eigenvalue weighted by molar-refractivity contribution is 4.97. The second-order valence-electron chi connectivity index (χ2n) is 5.91. The van der Waals surface area contributed by atoms with Crippen LogP contribution >= 0.6 is 0 Å². The van der Waals surface area contributed by atoms with Gasteiger partial charge in [-0.05, 0) is 57.5 Å². The lowest BCUT2D eigenvalue weighted by Gasteiger charge is -2.37. The first-order valence-electron chi connectivity index (χ1n) is 6.63. The van der Waals surface area contributed by atoms with Gasteiger partial charge >= 0.3 is 0 Å². The van der Waals surface area contributed by atoms with Crippen molar-refractivity contribution < 1.29 is 0 Å². The molecule has 0 radical (unpaired) electrons. The first-order valence-corrected chi connectivity index (χ1v) is 6.63. The average molecular weight is 210 g/mol. The molecule has 1 atom stereocenters. The van der Waals surface area contributed by atoms with Crippen LogP contribution in [0, 0.1) is 11.8 Å². The molecule has 1 aliphatic heterocycles. The molecule has 2 N–H and O–H groups in total. The van der Waals surface area contributed by atoms with Gasteiger partial charge in [0, 0.05) is 12.1 Å². The Morgan fingerprint density at radius 3 is 2.27 bits per heavy atom. The highest BCUT2D eigenvalue weighted by atomic mass is 15.2. The molecule has 0 amide bonds. The van der Waals surface area contributed by atoms with Crippen LogP contribution in [0.2, 0.25) is 0 Å². The molecule has 2 fully saturated rings. The molecule has 0 spiro atoms. The smallest absolute Gasteiger partial charge is 0.0283 e.